The summed E-state index contributed by atoms with van der Waals surface area (Å²) >= 11 is 0. The highest BCUT2D eigenvalue weighted by atomic mass is 127. The summed E-state index contributed by atoms with van der Waals surface area (Å²) in [5, 5.41) is 3.46. The molecule has 0 atom stereocenters. The van der Waals surface area contributed by atoms with E-state index in [4.69, 9.17) is 0 Å². The van der Waals surface area contributed by atoms with Crippen LogP contribution in [0.25, 0.3) is 0 Å². The van der Waals surface area contributed by atoms with Gasteiger partial charge in [0.2, 0.25) is 5.95 Å². The van der Waals surface area contributed by atoms with E-state index in [0.29, 0.717) is 0 Å². The molecule has 1 aromatic rings. The predicted molar refractivity (Wildman–Crippen MR) is 124 cm³/mol. The number of piperazine rings is 1. The molecule has 0 saturated carbocycles. The molecule has 1 N–H and O–H groups in total. The number of unbranched alkanes of at least 4 members (excludes halogenated alkanes) is 1. The van der Waals surface area contributed by atoms with Crippen molar-refractivity contribution in [1.82, 2.24) is 25.1 Å². The molecular weight excluding hydrogens is 453 g/mol. The lowest BCUT2D eigenvalue weighted by molar-refractivity contribution is 0.254. The predicted octanol–water partition coefficient (Wildman–Crippen LogP) is 2.08. The monoisotopic (exact) mass is 487 g/mol. The van der Waals surface area contributed by atoms with Gasteiger partial charge >= 0.3 is 0 Å². The molecule has 0 radical (unpaired) electrons. The summed E-state index contributed by atoms with van der Waals surface area (Å²) in [6, 6.07) is 1.86. The Hall–Kier alpha value is -1.42. The molecule has 0 aromatic carbocycles. The Kier molecular flexibility index (Phi) is 12.0. The van der Waals surface area contributed by atoms with Gasteiger partial charge in [-0.05, 0) is 31.9 Å². The van der Waals surface area contributed by atoms with Gasteiger partial charge in [-0.25, -0.2) is 9.97 Å². The van der Waals surface area contributed by atoms with Gasteiger partial charge in [0.25, 0.3) is 0 Å². The number of hydrogen-bond donors (Lipinski definition) is 1. The summed E-state index contributed by atoms with van der Waals surface area (Å²) in [7, 11) is 3.93. The lowest BCUT2D eigenvalue weighted by Crippen LogP contribution is -2.47. The molecule has 0 unspecified atom stereocenters. The highest BCUT2D eigenvalue weighted by Crippen LogP contribution is 2.09. The van der Waals surface area contributed by atoms with Crippen LogP contribution in [0.2, 0.25) is 0 Å². The first-order valence-corrected chi connectivity index (χ1v) is 9.51. The average molecular weight is 487 g/mol. The lowest BCUT2D eigenvalue weighted by atomic mass is 10.3. The summed E-state index contributed by atoms with van der Waals surface area (Å²) in [4.78, 5) is 20.0. The standard InChI is InChI=1S/C19H33N7.HI/c1-4-5-6-12-24(3)18(20-2)21-11-8-13-25-14-16-26(17-15-25)19-22-9-7-10-23-19;/h4,7,9-10H,1,5-6,8,11-17H2,2-3H3,(H,20,21);1H. The smallest absolute Gasteiger partial charge is 0.225 e. The van der Waals surface area contributed by atoms with Gasteiger partial charge in [-0.15, -0.1) is 30.6 Å². The molecule has 0 bridgehead atoms. The van der Waals surface area contributed by atoms with Crippen molar-refractivity contribution in [1.29, 1.82) is 0 Å². The first kappa shape index (κ1) is 23.6. The quantitative estimate of drug-likeness (QED) is 0.189. The van der Waals surface area contributed by atoms with Crippen LogP contribution in [0.3, 0.4) is 0 Å². The zero-order valence-electron chi connectivity index (χ0n) is 16.7. The van der Waals surface area contributed by atoms with E-state index in [-0.39, 0.29) is 24.0 Å². The number of nitrogens with one attached hydrogen (secondary N) is 1. The molecule has 0 aliphatic carbocycles. The van der Waals surface area contributed by atoms with Crippen molar-refractivity contribution >= 4 is 35.9 Å². The van der Waals surface area contributed by atoms with E-state index in [1.807, 2.05) is 31.6 Å². The van der Waals surface area contributed by atoms with Gasteiger partial charge in [0.15, 0.2) is 5.96 Å². The summed E-state index contributed by atoms with van der Waals surface area (Å²) in [5.74, 6) is 1.82. The van der Waals surface area contributed by atoms with Crippen molar-refractivity contribution in [3.05, 3.63) is 31.1 Å². The molecule has 0 amide bonds. The van der Waals surface area contributed by atoms with Gasteiger partial charge in [0.1, 0.15) is 0 Å². The molecule has 1 fully saturated rings. The second kappa shape index (κ2) is 13.7. The van der Waals surface area contributed by atoms with Gasteiger partial charge in [0, 0.05) is 65.8 Å². The Bertz CT molecular complexity index is 544. The minimum absolute atomic E-state index is 0. The van der Waals surface area contributed by atoms with Crippen LogP contribution in [-0.4, -0.2) is 85.6 Å². The molecule has 1 aliphatic rings. The molecule has 2 heterocycles. The molecule has 2 rings (SSSR count). The molecule has 8 heteroatoms. The normalized spacial score (nSPS) is 15.2. The molecule has 152 valence electrons. The van der Waals surface area contributed by atoms with E-state index in [0.717, 1.165) is 77.0 Å². The van der Waals surface area contributed by atoms with Gasteiger partial charge in [-0.1, -0.05) is 6.08 Å². The third-order valence-electron chi connectivity index (χ3n) is 4.62. The third-order valence-corrected chi connectivity index (χ3v) is 4.62. The molecule has 7 nitrogen and oxygen atoms in total. The Morgan fingerprint density at radius 1 is 1.26 bits per heavy atom. The summed E-state index contributed by atoms with van der Waals surface area (Å²) in [6.07, 6.45) is 8.84. The maximum Gasteiger partial charge on any atom is 0.225 e. The second-order valence-corrected chi connectivity index (χ2v) is 6.56. The number of halogens is 1. The van der Waals surface area contributed by atoms with E-state index < -0.39 is 0 Å². The summed E-state index contributed by atoms with van der Waals surface area (Å²) in [5.41, 5.74) is 0. The van der Waals surface area contributed by atoms with Gasteiger partial charge in [-0.3, -0.25) is 9.89 Å². The molecule has 27 heavy (non-hydrogen) atoms. The van der Waals surface area contributed by atoms with Crippen molar-refractivity contribution in [3.8, 4) is 0 Å². The number of allylic oxidation sites excluding steroid dienone is 1. The summed E-state index contributed by atoms with van der Waals surface area (Å²) < 4.78 is 0. The van der Waals surface area contributed by atoms with Crippen LogP contribution in [0.4, 0.5) is 5.95 Å². The SMILES string of the molecule is C=CCCCN(C)C(=NC)NCCCN1CCN(c2ncccn2)CC1.I. The lowest BCUT2D eigenvalue weighted by Gasteiger charge is -2.34. The van der Waals surface area contributed by atoms with Crippen LogP contribution < -0.4 is 10.2 Å². The minimum Gasteiger partial charge on any atom is -0.356 e. The summed E-state index contributed by atoms with van der Waals surface area (Å²) in [6.45, 7) is 10.9. The van der Waals surface area contributed by atoms with Crippen molar-refractivity contribution in [2.24, 2.45) is 4.99 Å². The van der Waals surface area contributed by atoms with E-state index in [9.17, 15) is 0 Å². The minimum atomic E-state index is 0. The Morgan fingerprint density at radius 3 is 2.59 bits per heavy atom. The maximum absolute atomic E-state index is 4.37. The number of aliphatic imine (C=N–C) groups is 1. The van der Waals surface area contributed by atoms with Crippen molar-refractivity contribution in [2.75, 3.05) is 64.8 Å². The Labute approximate surface area is 181 Å². The fraction of sp³-hybridized carbons (Fsp3) is 0.632. The fourth-order valence-corrected chi connectivity index (χ4v) is 3.09. The second-order valence-electron chi connectivity index (χ2n) is 6.56. The number of nitrogens with zero attached hydrogens (tertiary/aromatic N) is 6. The first-order chi connectivity index (χ1) is 12.7. The third kappa shape index (κ3) is 8.42. The maximum atomic E-state index is 4.37. The van der Waals surface area contributed by atoms with Crippen LogP contribution in [0, 0.1) is 0 Å². The van der Waals surface area contributed by atoms with Gasteiger partial charge in [0.05, 0.1) is 0 Å². The van der Waals surface area contributed by atoms with E-state index in [1.165, 1.54) is 0 Å². The highest BCUT2D eigenvalue weighted by molar-refractivity contribution is 14.0. The molecule has 0 spiro atoms. The molecule has 1 aliphatic heterocycles. The van der Waals surface area contributed by atoms with Crippen molar-refractivity contribution < 1.29 is 0 Å². The zero-order valence-corrected chi connectivity index (χ0v) is 19.0. The zero-order chi connectivity index (χ0) is 18.6. The average Bonchev–Trinajstić information content (AvgIpc) is 2.69. The fourth-order valence-electron chi connectivity index (χ4n) is 3.09. The Balaban J connectivity index is 0.00000364. The number of hydrogen-bond acceptors (Lipinski definition) is 5. The van der Waals surface area contributed by atoms with E-state index in [1.54, 1.807) is 0 Å². The first-order valence-electron chi connectivity index (χ1n) is 9.51. The Morgan fingerprint density at radius 2 is 1.96 bits per heavy atom. The molecular formula is C19H34IN7. The molecule has 1 saturated heterocycles. The number of anilines is 1. The van der Waals surface area contributed by atoms with Crippen molar-refractivity contribution in [2.45, 2.75) is 19.3 Å². The molecule has 1 aromatic heterocycles. The van der Waals surface area contributed by atoms with Crippen LogP contribution in [0.15, 0.2) is 36.1 Å². The van der Waals surface area contributed by atoms with Gasteiger partial charge < -0.3 is 15.1 Å². The largest absolute Gasteiger partial charge is 0.356 e. The van der Waals surface area contributed by atoms with E-state index in [2.05, 4.69) is 48.6 Å². The topological polar surface area (TPSA) is 59.9 Å². The highest BCUT2D eigenvalue weighted by Gasteiger charge is 2.18. The van der Waals surface area contributed by atoms with Crippen LogP contribution in [0.5, 0.6) is 0 Å². The van der Waals surface area contributed by atoms with Crippen LogP contribution >= 0.6 is 24.0 Å². The van der Waals surface area contributed by atoms with Gasteiger partial charge in [-0.2, -0.15) is 0 Å². The van der Waals surface area contributed by atoms with E-state index >= 15 is 0 Å². The number of rotatable bonds is 9. The van der Waals surface area contributed by atoms with Crippen LogP contribution in [0.1, 0.15) is 19.3 Å². The number of guanidine groups is 1. The number of aromatic nitrogens is 2. The van der Waals surface area contributed by atoms with Crippen LogP contribution in [-0.2, 0) is 0 Å². The van der Waals surface area contributed by atoms with Crippen molar-refractivity contribution in [3.63, 3.8) is 0 Å².